The third kappa shape index (κ3) is 3.71. The summed E-state index contributed by atoms with van der Waals surface area (Å²) in [5, 5.41) is 23.0. The van der Waals surface area contributed by atoms with E-state index < -0.39 is 12.1 Å². The number of urea groups is 1. The maximum Gasteiger partial charge on any atom is 0.332 e. The molecule has 0 bridgehead atoms. The van der Waals surface area contributed by atoms with E-state index in [1.807, 2.05) is 12.1 Å². The Kier molecular flexibility index (Phi) is 4.57. The highest BCUT2D eigenvalue weighted by Crippen LogP contribution is 2.21. The van der Waals surface area contributed by atoms with E-state index >= 15 is 0 Å². The van der Waals surface area contributed by atoms with Gasteiger partial charge in [-0.3, -0.25) is 0 Å². The number of carboxylic acid groups (broad SMARTS) is 1. The first-order valence-electron chi connectivity index (χ1n) is 6.58. The molecule has 0 spiro atoms. The highest BCUT2D eigenvalue weighted by atomic mass is 16.4. The highest BCUT2D eigenvalue weighted by Gasteiger charge is 2.22. The third-order valence-corrected chi connectivity index (χ3v) is 3.37. The van der Waals surface area contributed by atoms with Gasteiger partial charge in [-0.25, -0.2) is 9.59 Å². The lowest BCUT2D eigenvalue weighted by Gasteiger charge is -2.13. The number of hydrogen-bond acceptors (Lipinski definition) is 3. The number of rotatable bonds is 5. The zero-order chi connectivity index (χ0) is 14.5. The van der Waals surface area contributed by atoms with Gasteiger partial charge in [0.2, 0.25) is 0 Å². The summed E-state index contributed by atoms with van der Waals surface area (Å²) < 4.78 is 0. The molecule has 2 rings (SSSR count). The predicted octanol–water partition coefficient (Wildman–Crippen LogP) is 0.289. The number of benzene rings is 1. The molecule has 4 N–H and O–H groups in total. The van der Waals surface area contributed by atoms with Crippen LogP contribution in [0.5, 0.6) is 0 Å². The molecule has 0 heterocycles. The Balaban J connectivity index is 1.70. The van der Waals surface area contributed by atoms with Crippen molar-refractivity contribution in [3.05, 3.63) is 35.4 Å². The van der Waals surface area contributed by atoms with Gasteiger partial charge < -0.3 is 20.8 Å². The molecule has 1 aliphatic carbocycles. The topological polar surface area (TPSA) is 98.7 Å². The number of aliphatic hydroxyl groups excluding tert-OH is 1. The number of carbonyl (C=O) groups excluding carboxylic acids is 1. The molecular formula is C14H18N2O4. The summed E-state index contributed by atoms with van der Waals surface area (Å²) in [5.74, 6) is -1.28. The fraction of sp³-hybridized carbons (Fsp3) is 0.429. The van der Waals surface area contributed by atoms with Gasteiger partial charge in [0.25, 0.3) is 0 Å². The summed E-state index contributed by atoms with van der Waals surface area (Å²) in [5.41, 5.74) is 2.50. The molecule has 108 valence electrons. The minimum absolute atomic E-state index is 0.00630. The Bertz CT molecular complexity index is 479. The Hall–Kier alpha value is -2.08. The molecule has 6 heteroatoms. The number of carbonyl (C=O) groups is 2. The van der Waals surface area contributed by atoms with Gasteiger partial charge in [0.1, 0.15) is 0 Å². The molecule has 1 aromatic carbocycles. The van der Waals surface area contributed by atoms with Crippen LogP contribution in [0.1, 0.15) is 17.5 Å². The van der Waals surface area contributed by atoms with Crippen LogP contribution in [-0.2, 0) is 17.6 Å². The van der Waals surface area contributed by atoms with Crippen LogP contribution in [0.3, 0.4) is 0 Å². The van der Waals surface area contributed by atoms with E-state index in [1.54, 1.807) is 0 Å². The van der Waals surface area contributed by atoms with Crippen LogP contribution in [-0.4, -0.2) is 40.9 Å². The number of amides is 2. The van der Waals surface area contributed by atoms with Crippen molar-refractivity contribution in [1.82, 2.24) is 10.6 Å². The minimum atomic E-state index is -1.44. The Morgan fingerprint density at radius 3 is 2.40 bits per heavy atom. The first-order valence-corrected chi connectivity index (χ1v) is 6.58. The maximum atomic E-state index is 11.7. The van der Waals surface area contributed by atoms with Gasteiger partial charge in [0, 0.05) is 19.0 Å². The van der Waals surface area contributed by atoms with Gasteiger partial charge in [0.15, 0.2) is 6.10 Å². The van der Waals surface area contributed by atoms with E-state index in [2.05, 4.69) is 22.8 Å². The minimum Gasteiger partial charge on any atom is -0.479 e. The number of aliphatic hydroxyl groups is 1. The van der Waals surface area contributed by atoms with Crippen molar-refractivity contribution in [2.24, 2.45) is 0 Å². The number of fused-ring (bicyclic) bond motifs is 1. The molecule has 0 fully saturated rings. The fourth-order valence-electron chi connectivity index (χ4n) is 2.34. The average molecular weight is 278 g/mol. The lowest BCUT2D eigenvalue weighted by atomic mass is 10.1. The van der Waals surface area contributed by atoms with E-state index in [1.165, 1.54) is 11.1 Å². The number of hydrogen-bond donors (Lipinski definition) is 4. The summed E-state index contributed by atoms with van der Waals surface area (Å²) in [6, 6.07) is 7.80. The summed E-state index contributed by atoms with van der Waals surface area (Å²) >= 11 is 0. The van der Waals surface area contributed by atoms with Crippen molar-refractivity contribution < 1.29 is 19.8 Å². The Morgan fingerprint density at radius 2 is 1.85 bits per heavy atom. The summed E-state index contributed by atoms with van der Waals surface area (Å²) in [7, 11) is 0. The highest BCUT2D eigenvalue weighted by molar-refractivity contribution is 5.75. The van der Waals surface area contributed by atoms with Gasteiger partial charge in [-0.2, -0.15) is 0 Å². The van der Waals surface area contributed by atoms with Crippen molar-refractivity contribution in [2.45, 2.75) is 31.4 Å². The standard InChI is InChI=1S/C14H18N2O4/c17-12(13(18)19)5-6-15-14(20)16-11-7-9-3-1-2-4-10(9)8-11/h1-4,11-12,17H,5-8H2,(H,18,19)(H2,15,16,20). The largest absolute Gasteiger partial charge is 0.479 e. The molecule has 20 heavy (non-hydrogen) atoms. The van der Waals surface area contributed by atoms with Crippen molar-refractivity contribution in [2.75, 3.05) is 6.54 Å². The summed E-state index contributed by atoms with van der Waals surface area (Å²) in [6.45, 7) is 0.124. The van der Waals surface area contributed by atoms with Gasteiger partial charge >= 0.3 is 12.0 Å². The van der Waals surface area contributed by atoms with Crippen LogP contribution in [0.2, 0.25) is 0 Å². The van der Waals surface area contributed by atoms with Crippen LogP contribution in [0.4, 0.5) is 4.79 Å². The molecule has 0 aliphatic heterocycles. The third-order valence-electron chi connectivity index (χ3n) is 3.37. The molecule has 1 atom stereocenters. The molecule has 0 aromatic heterocycles. The zero-order valence-corrected chi connectivity index (χ0v) is 11.0. The van der Waals surface area contributed by atoms with Gasteiger partial charge in [-0.1, -0.05) is 24.3 Å². The summed E-state index contributed by atoms with van der Waals surface area (Å²) in [6.07, 6.45) is 0.169. The van der Waals surface area contributed by atoms with E-state index in [-0.39, 0.29) is 25.0 Å². The molecule has 1 aliphatic rings. The second-order valence-electron chi connectivity index (χ2n) is 4.92. The van der Waals surface area contributed by atoms with Crippen LogP contribution in [0.25, 0.3) is 0 Å². The fourth-order valence-corrected chi connectivity index (χ4v) is 2.34. The summed E-state index contributed by atoms with van der Waals surface area (Å²) in [4.78, 5) is 22.1. The number of carboxylic acids is 1. The van der Waals surface area contributed by atoms with Crippen molar-refractivity contribution in [3.8, 4) is 0 Å². The molecule has 2 amide bonds. The molecule has 0 saturated heterocycles. The van der Waals surface area contributed by atoms with Gasteiger partial charge in [0.05, 0.1) is 0 Å². The van der Waals surface area contributed by atoms with Crippen molar-refractivity contribution in [3.63, 3.8) is 0 Å². The maximum absolute atomic E-state index is 11.7. The van der Waals surface area contributed by atoms with Crippen LogP contribution >= 0.6 is 0 Å². The molecule has 0 radical (unpaired) electrons. The van der Waals surface area contributed by atoms with E-state index in [0.29, 0.717) is 0 Å². The van der Waals surface area contributed by atoms with E-state index in [4.69, 9.17) is 10.2 Å². The second-order valence-corrected chi connectivity index (χ2v) is 4.92. The first-order chi connectivity index (χ1) is 9.56. The predicted molar refractivity (Wildman–Crippen MR) is 72.4 cm³/mol. The van der Waals surface area contributed by atoms with Gasteiger partial charge in [-0.15, -0.1) is 0 Å². The normalized spacial score (nSPS) is 15.4. The first kappa shape index (κ1) is 14.3. The Labute approximate surface area is 116 Å². The van der Waals surface area contributed by atoms with Gasteiger partial charge in [-0.05, 0) is 24.0 Å². The SMILES string of the molecule is O=C(NCCC(O)C(=O)O)NC1Cc2ccccc2C1. The quantitative estimate of drug-likeness (QED) is 0.622. The van der Waals surface area contributed by atoms with Crippen molar-refractivity contribution >= 4 is 12.0 Å². The van der Waals surface area contributed by atoms with E-state index in [9.17, 15) is 9.59 Å². The Morgan fingerprint density at radius 1 is 1.25 bits per heavy atom. The van der Waals surface area contributed by atoms with Crippen LogP contribution in [0, 0.1) is 0 Å². The average Bonchev–Trinajstić information content (AvgIpc) is 2.80. The smallest absolute Gasteiger partial charge is 0.332 e. The lowest BCUT2D eigenvalue weighted by molar-refractivity contribution is -0.146. The second kappa shape index (κ2) is 6.38. The zero-order valence-electron chi connectivity index (χ0n) is 11.0. The monoisotopic (exact) mass is 278 g/mol. The molecule has 1 unspecified atom stereocenters. The van der Waals surface area contributed by atoms with Crippen LogP contribution < -0.4 is 10.6 Å². The molecule has 0 saturated carbocycles. The molecular weight excluding hydrogens is 260 g/mol. The molecule has 6 nitrogen and oxygen atoms in total. The lowest BCUT2D eigenvalue weighted by Crippen LogP contribution is -2.43. The number of nitrogens with one attached hydrogen (secondary N) is 2. The van der Waals surface area contributed by atoms with Crippen molar-refractivity contribution in [1.29, 1.82) is 0 Å². The molecule has 1 aromatic rings. The van der Waals surface area contributed by atoms with E-state index in [0.717, 1.165) is 12.8 Å². The number of aliphatic carboxylic acids is 1. The van der Waals surface area contributed by atoms with Crippen LogP contribution in [0.15, 0.2) is 24.3 Å².